The van der Waals surface area contributed by atoms with Crippen molar-refractivity contribution in [2.45, 2.75) is 65.0 Å². The van der Waals surface area contributed by atoms with E-state index in [-0.39, 0.29) is 19.6 Å². The summed E-state index contributed by atoms with van der Waals surface area (Å²) in [5, 5.41) is 14.9. The number of ether oxygens (including phenoxy) is 3. The highest BCUT2D eigenvalue weighted by Gasteiger charge is 2.26. The van der Waals surface area contributed by atoms with Gasteiger partial charge in [0.15, 0.2) is 0 Å². The Kier molecular flexibility index (Phi) is 11.8. The van der Waals surface area contributed by atoms with Crippen LogP contribution in [0.5, 0.6) is 0 Å². The number of nitrogens with one attached hydrogen (secondary N) is 2. The highest BCUT2D eigenvalue weighted by atomic mass is 16.6. The molecule has 8 heteroatoms. The second-order valence-electron chi connectivity index (χ2n) is 9.72. The second kappa shape index (κ2) is 14.8. The van der Waals surface area contributed by atoms with Gasteiger partial charge in [-0.2, -0.15) is 5.26 Å². The van der Waals surface area contributed by atoms with Crippen LogP contribution in [0.4, 0.5) is 4.79 Å². The molecule has 2 N–H and O–H groups in total. The molecule has 0 fully saturated rings. The molecule has 0 aromatic heterocycles. The van der Waals surface area contributed by atoms with Gasteiger partial charge in [-0.05, 0) is 44.4 Å². The van der Waals surface area contributed by atoms with Gasteiger partial charge in [0, 0.05) is 6.42 Å². The summed E-state index contributed by atoms with van der Waals surface area (Å²) in [5.74, 6) is -0.494. The van der Waals surface area contributed by atoms with E-state index in [9.17, 15) is 14.9 Å². The number of amides is 2. The van der Waals surface area contributed by atoms with Gasteiger partial charge in [0.2, 0.25) is 5.91 Å². The first-order valence-corrected chi connectivity index (χ1v) is 12.2. The van der Waals surface area contributed by atoms with Crippen LogP contribution in [0.25, 0.3) is 0 Å². The molecule has 0 radical (unpaired) electrons. The average Bonchev–Trinajstić information content (AvgIpc) is 2.83. The summed E-state index contributed by atoms with van der Waals surface area (Å²) in [5.41, 5.74) is 3.16. The summed E-state index contributed by atoms with van der Waals surface area (Å²) >= 11 is 0. The van der Waals surface area contributed by atoms with Crippen molar-refractivity contribution in [1.29, 1.82) is 5.26 Å². The number of aryl methyl sites for hydroxylation is 1. The molecule has 37 heavy (non-hydrogen) atoms. The molecule has 2 aromatic rings. The van der Waals surface area contributed by atoms with Crippen LogP contribution in [-0.2, 0) is 38.6 Å². The van der Waals surface area contributed by atoms with E-state index >= 15 is 0 Å². The molecule has 0 aliphatic carbocycles. The summed E-state index contributed by atoms with van der Waals surface area (Å²) in [6, 6.07) is 15.6. The molecule has 0 saturated heterocycles. The van der Waals surface area contributed by atoms with Gasteiger partial charge in [0.1, 0.15) is 17.7 Å². The molecule has 0 spiro atoms. The number of nitriles is 1. The quantitative estimate of drug-likeness (QED) is 0.308. The average molecular weight is 508 g/mol. The molecular weight excluding hydrogens is 470 g/mol. The van der Waals surface area contributed by atoms with Gasteiger partial charge in [-0.15, -0.1) is 6.58 Å². The van der Waals surface area contributed by atoms with Gasteiger partial charge in [-0.1, -0.05) is 60.2 Å². The zero-order chi connectivity index (χ0) is 27.3. The van der Waals surface area contributed by atoms with E-state index in [1.165, 1.54) is 0 Å². The molecule has 8 nitrogen and oxygen atoms in total. The number of carbonyl (C=O) groups is 2. The normalized spacial score (nSPS) is 12.6. The first-order valence-electron chi connectivity index (χ1n) is 12.2. The van der Waals surface area contributed by atoms with Gasteiger partial charge in [0.25, 0.3) is 0 Å². The lowest BCUT2D eigenvalue weighted by Crippen LogP contribution is -2.52. The third kappa shape index (κ3) is 11.7. The van der Waals surface area contributed by atoms with Crippen LogP contribution in [0.3, 0.4) is 0 Å². The fraction of sp³-hybridized carbons (Fsp3) is 0.414. The maximum Gasteiger partial charge on any atom is 0.408 e. The number of alkyl carbamates (subject to hydrolysis) is 1. The number of benzene rings is 2. The van der Waals surface area contributed by atoms with Crippen molar-refractivity contribution in [3.05, 3.63) is 83.4 Å². The number of carbonyl (C=O) groups excluding carboxylic acids is 2. The monoisotopic (exact) mass is 507 g/mol. The minimum atomic E-state index is -0.927. The van der Waals surface area contributed by atoms with Crippen LogP contribution in [0.1, 0.15) is 43.0 Å². The van der Waals surface area contributed by atoms with Crippen molar-refractivity contribution in [3.63, 3.8) is 0 Å². The van der Waals surface area contributed by atoms with E-state index in [4.69, 9.17) is 14.2 Å². The highest BCUT2D eigenvalue weighted by molar-refractivity contribution is 5.86. The van der Waals surface area contributed by atoms with Crippen molar-refractivity contribution in [1.82, 2.24) is 10.6 Å². The maximum absolute atomic E-state index is 13.1. The van der Waals surface area contributed by atoms with E-state index in [1.807, 2.05) is 55.5 Å². The molecule has 0 saturated carbocycles. The van der Waals surface area contributed by atoms with Crippen LogP contribution < -0.4 is 10.6 Å². The molecule has 0 heterocycles. The smallest absolute Gasteiger partial charge is 0.408 e. The van der Waals surface area contributed by atoms with Crippen molar-refractivity contribution in [2.24, 2.45) is 0 Å². The molecule has 2 amide bonds. The van der Waals surface area contributed by atoms with E-state index in [0.717, 1.165) is 22.3 Å². The Bertz CT molecular complexity index is 1070. The van der Waals surface area contributed by atoms with Crippen LogP contribution in [0.15, 0.2) is 61.2 Å². The zero-order valence-electron chi connectivity index (χ0n) is 22.1. The van der Waals surface area contributed by atoms with E-state index in [0.29, 0.717) is 13.2 Å². The lowest BCUT2D eigenvalue weighted by molar-refractivity contribution is -0.124. The Morgan fingerprint density at radius 1 is 1.03 bits per heavy atom. The third-order valence-corrected chi connectivity index (χ3v) is 5.08. The first kappa shape index (κ1) is 29.6. The SMILES string of the molecule is C=CCOCc1ccc(COC[C@@H](C#N)NC(=O)[C@H](Cc2cccc(C)c2)NC(=O)OC(C)(C)C)cc1. The number of hydrogen-bond acceptors (Lipinski definition) is 6. The largest absolute Gasteiger partial charge is 0.444 e. The fourth-order valence-electron chi connectivity index (χ4n) is 3.40. The minimum Gasteiger partial charge on any atom is -0.444 e. The molecule has 0 unspecified atom stereocenters. The van der Waals surface area contributed by atoms with Crippen molar-refractivity contribution >= 4 is 12.0 Å². The van der Waals surface area contributed by atoms with E-state index in [1.54, 1.807) is 26.8 Å². The van der Waals surface area contributed by atoms with E-state index < -0.39 is 29.7 Å². The lowest BCUT2D eigenvalue weighted by atomic mass is 10.0. The van der Waals surface area contributed by atoms with E-state index in [2.05, 4.69) is 23.3 Å². The van der Waals surface area contributed by atoms with Crippen molar-refractivity contribution in [2.75, 3.05) is 13.2 Å². The zero-order valence-corrected chi connectivity index (χ0v) is 22.1. The minimum absolute atomic E-state index is 0.00393. The predicted octanol–water partition coefficient (Wildman–Crippen LogP) is 4.36. The molecule has 0 bridgehead atoms. The summed E-state index contributed by atoms with van der Waals surface area (Å²) in [7, 11) is 0. The first-order chi connectivity index (χ1) is 17.6. The Morgan fingerprint density at radius 2 is 1.68 bits per heavy atom. The number of nitrogens with zero attached hydrogens (tertiary/aromatic N) is 1. The summed E-state index contributed by atoms with van der Waals surface area (Å²) < 4.78 is 16.4. The fourth-order valence-corrected chi connectivity index (χ4v) is 3.40. The topological polar surface area (TPSA) is 110 Å². The van der Waals surface area contributed by atoms with Crippen LogP contribution in [-0.4, -0.2) is 42.9 Å². The highest BCUT2D eigenvalue weighted by Crippen LogP contribution is 2.11. The third-order valence-electron chi connectivity index (χ3n) is 5.08. The Morgan fingerprint density at radius 3 is 2.24 bits per heavy atom. The predicted molar refractivity (Wildman–Crippen MR) is 142 cm³/mol. The van der Waals surface area contributed by atoms with Gasteiger partial charge in [-0.3, -0.25) is 4.79 Å². The Balaban J connectivity index is 1.95. The molecule has 0 aliphatic rings. The lowest BCUT2D eigenvalue weighted by Gasteiger charge is -2.24. The van der Waals surface area contributed by atoms with Gasteiger partial charge in [0.05, 0.1) is 32.5 Å². The van der Waals surface area contributed by atoms with Crippen molar-refractivity contribution < 1.29 is 23.8 Å². The number of rotatable bonds is 13. The maximum atomic E-state index is 13.1. The van der Waals surface area contributed by atoms with Crippen molar-refractivity contribution in [3.8, 4) is 6.07 Å². The summed E-state index contributed by atoms with van der Waals surface area (Å²) in [4.78, 5) is 25.5. The standard InChI is InChI=1S/C29H37N3O5/c1-6-14-35-18-22-10-12-23(13-11-22)19-36-20-25(17-30)31-27(33)26(32-28(34)37-29(3,4)5)16-24-9-7-8-21(2)15-24/h6-13,15,25-26H,1,14,16,18-20H2,2-5H3,(H,31,33)(H,32,34)/t25-,26+/m1/s1. The Hall–Kier alpha value is -3.67. The van der Waals surface area contributed by atoms with Gasteiger partial charge < -0.3 is 24.8 Å². The Labute approximate surface area is 219 Å². The summed E-state index contributed by atoms with van der Waals surface area (Å²) in [6.45, 7) is 12.1. The molecule has 0 aliphatic heterocycles. The second-order valence-corrected chi connectivity index (χ2v) is 9.72. The van der Waals surface area contributed by atoms with Crippen LogP contribution >= 0.6 is 0 Å². The van der Waals surface area contributed by atoms with Crippen LogP contribution in [0, 0.1) is 18.3 Å². The summed E-state index contributed by atoms with van der Waals surface area (Å²) in [6.07, 6.45) is 1.24. The molecule has 2 atom stereocenters. The van der Waals surface area contributed by atoms with Gasteiger partial charge in [-0.25, -0.2) is 4.79 Å². The molecule has 198 valence electrons. The molecule has 2 rings (SSSR count). The molecular formula is C29H37N3O5. The van der Waals surface area contributed by atoms with Gasteiger partial charge >= 0.3 is 6.09 Å². The van der Waals surface area contributed by atoms with Crippen LogP contribution in [0.2, 0.25) is 0 Å². The molecule has 2 aromatic carbocycles. The number of hydrogen-bond donors (Lipinski definition) is 2.